The van der Waals surface area contributed by atoms with Gasteiger partial charge in [0.1, 0.15) is 5.82 Å². The van der Waals surface area contributed by atoms with Crippen molar-refractivity contribution in [1.29, 1.82) is 0 Å². The molecule has 1 saturated heterocycles. The van der Waals surface area contributed by atoms with Crippen LogP contribution in [0.5, 0.6) is 0 Å². The molecule has 3 heterocycles. The molecule has 1 atom stereocenters. The monoisotopic (exact) mass is 312 g/mol. The van der Waals surface area contributed by atoms with E-state index in [0.717, 1.165) is 18.9 Å². The summed E-state index contributed by atoms with van der Waals surface area (Å²) in [6, 6.07) is 0. The van der Waals surface area contributed by atoms with E-state index in [0.29, 0.717) is 13.0 Å². The van der Waals surface area contributed by atoms with E-state index < -0.39 is 15.4 Å². The quantitative estimate of drug-likeness (QED) is 0.805. The fourth-order valence-electron chi connectivity index (χ4n) is 3.05. The molecule has 0 unspecified atom stereocenters. The highest BCUT2D eigenvalue weighted by atomic mass is 32.2. The molecule has 2 aliphatic rings. The van der Waals surface area contributed by atoms with Gasteiger partial charge in [0.05, 0.1) is 30.1 Å². The van der Waals surface area contributed by atoms with Crippen molar-refractivity contribution in [3.05, 3.63) is 18.2 Å². The van der Waals surface area contributed by atoms with Gasteiger partial charge < -0.3 is 9.88 Å². The number of hydrogen-bond acceptors (Lipinski definition) is 5. The Bertz CT molecular complexity index is 654. The van der Waals surface area contributed by atoms with E-state index in [-0.39, 0.29) is 24.0 Å². The van der Waals surface area contributed by atoms with Crippen LogP contribution in [-0.2, 0) is 27.7 Å². The van der Waals surface area contributed by atoms with Gasteiger partial charge in [0.25, 0.3) is 0 Å². The number of carbonyl (C=O) groups excluding carboxylic acids is 1. The first-order chi connectivity index (χ1) is 9.85. The second kappa shape index (κ2) is 5.10. The first-order valence-electron chi connectivity index (χ1n) is 7.09. The van der Waals surface area contributed by atoms with Gasteiger partial charge in [-0.3, -0.25) is 9.69 Å². The summed E-state index contributed by atoms with van der Waals surface area (Å²) in [6.45, 7) is 4.36. The number of sulfone groups is 1. The van der Waals surface area contributed by atoms with Crippen molar-refractivity contribution in [1.82, 2.24) is 19.8 Å². The summed E-state index contributed by atoms with van der Waals surface area (Å²) >= 11 is 0. The van der Waals surface area contributed by atoms with Crippen LogP contribution in [0.4, 0.5) is 0 Å². The van der Waals surface area contributed by atoms with Crippen molar-refractivity contribution >= 4 is 15.7 Å². The summed E-state index contributed by atoms with van der Waals surface area (Å²) < 4.78 is 25.2. The van der Waals surface area contributed by atoms with Crippen LogP contribution in [0.1, 0.15) is 19.2 Å². The van der Waals surface area contributed by atoms with Crippen LogP contribution >= 0.6 is 0 Å². The average Bonchev–Trinajstić information content (AvgIpc) is 2.92. The predicted molar refractivity (Wildman–Crippen MR) is 77.3 cm³/mol. The lowest BCUT2D eigenvalue weighted by Crippen LogP contribution is -2.51. The molecule has 1 N–H and O–H groups in total. The number of rotatable bonds is 3. The molecular weight excluding hydrogens is 292 g/mol. The van der Waals surface area contributed by atoms with E-state index in [1.165, 1.54) is 0 Å². The molecule has 1 aromatic rings. The normalized spacial score (nSPS) is 28.2. The third-order valence-corrected chi connectivity index (χ3v) is 6.04. The molecule has 21 heavy (non-hydrogen) atoms. The van der Waals surface area contributed by atoms with E-state index in [9.17, 15) is 13.2 Å². The van der Waals surface area contributed by atoms with E-state index in [1.807, 2.05) is 11.1 Å². The molecule has 0 saturated carbocycles. The zero-order valence-corrected chi connectivity index (χ0v) is 12.9. The van der Waals surface area contributed by atoms with E-state index >= 15 is 0 Å². The molecule has 0 spiro atoms. The van der Waals surface area contributed by atoms with Crippen LogP contribution < -0.4 is 5.32 Å². The first-order valence-corrected chi connectivity index (χ1v) is 8.91. The minimum Gasteiger partial charge on any atom is -0.349 e. The lowest BCUT2D eigenvalue weighted by molar-refractivity contribution is -0.124. The van der Waals surface area contributed by atoms with E-state index in [1.54, 1.807) is 13.1 Å². The Morgan fingerprint density at radius 3 is 3.00 bits per heavy atom. The van der Waals surface area contributed by atoms with Crippen molar-refractivity contribution in [2.45, 2.75) is 32.0 Å². The third-order valence-electron chi connectivity index (χ3n) is 4.14. The summed E-state index contributed by atoms with van der Waals surface area (Å²) in [6.07, 6.45) is 4.20. The standard InChI is InChI=1S/C13H20N4O3S/c1-13(2-7-21(19,20)10-13)15-12(18)9-16-5-6-17-4-3-14-11(17)8-16/h3-4H,2,5-10H2,1H3,(H,15,18)/t13-/m0/s1. The molecule has 0 aromatic carbocycles. The second-order valence-electron chi connectivity index (χ2n) is 6.20. The number of fused-ring (bicyclic) bond motifs is 1. The maximum absolute atomic E-state index is 12.2. The van der Waals surface area contributed by atoms with Gasteiger partial charge in [0, 0.05) is 25.5 Å². The molecular formula is C13H20N4O3S. The van der Waals surface area contributed by atoms with Crippen molar-refractivity contribution in [3.63, 3.8) is 0 Å². The smallest absolute Gasteiger partial charge is 0.234 e. The summed E-state index contributed by atoms with van der Waals surface area (Å²) in [4.78, 5) is 18.5. The molecule has 1 fully saturated rings. The maximum Gasteiger partial charge on any atom is 0.234 e. The number of imidazole rings is 1. The predicted octanol–water partition coefficient (Wildman–Crippen LogP) is -0.608. The second-order valence-corrected chi connectivity index (χ2v) is 8.38. The van der Waals surface area contributed by atoms with Gasteiger partial charge in [-0.05, 0) is 13.3 Å². The molecule has 1 amide bonds. The minimum atomic E-state index is -3.01. The van der Waals surface area contributed by atoms with Gasteiger partial charge in [-0.1, -0.05) is 0 Å². The third kappa shape index (κ3) is 3.26. The molecule has 116 valence electrons. The Morgan fingerprint density at radius 1 is 1.48 bits per heavy atom. The highest BCUT2D eigenvalue weighted by Gasteiger charge is 2.39. The Kier molecular flexibility index (Phi) is 3.53. The van der Waals surface area contributed by atoms with Gasteiger partial charge in [0.15, 0.2) is 9.84 Å². The summed E-state index contributed by atoms with van der Waals surface area (Å²) in [7, 11) is -3.01. The van der Waals surface area contributed by atoms with Gasteiger partial charge in [-0.15, -0.1) is 0 Å². The van der Waals surface area contributed by atoms with Crippen LogP contribution in [0.25, 0.3) is 0 Å². The summed E-state index contributed by atoms with van der Waals surface area (Å²) in [5, 5.41) is 2.89. The molecule has 8 heteroatoms. The summed E-state index contributed by atoms with van der Waals surface area (Å²) in [5.41, 5.74) is -0.621. The number of aromatic nitrogens is 2. The Balaban J connectivity index is 1.56. The average molecular weight is 312 g/mol. The molecule has 0 aliphatic carbocycles. The zero-order chi connectivity index (χ0) is 15.1. The molecule has 1 aromatic heterocycles. The minimum absolute atomic E-state index is 0.0378. The van der Waals surface area contributed by atoms with Crippen LogP contribution in [0.15, 0.2) is 12.4 Å². The lowest BCUT2D eigenvalue weighted by atomic mass is 10.0. The lowest BCUT2D eigenvalue weighted by Gasteiger charge is -2.29. The van der Waals surface area contributed by atoms with E-state index in [2.05, 4.69) is 14.9 Å². The van der Waals surface area contributed by atoms with Crippen molar-refractivity contribution in [2.75, 3.05) is 24.6 Å². The van der Waals surface area contributed by atoms with Crippen LogP contribution in [0, 0.1) is 0 Å². The number of nitrogens with one attached hydrogen (secondary N) is 1. The van der Waals surface area contributed by atoms with Crippen LogP contribution in [0.2, 0.25) is 0 Å². The Labute approximate surface area is 124 Å². The molecule has 2 aliphatic heterocycles. The largest absolute Gasteiger partial charge is 0.349 e. The topological polar surface area (TPSA) is 84.3 Å². The number of nitrogens with zero attached hydrogens (tertiary/aromatic N) is 3. The maximum atomic E-state index is 12.2. The first kappa shape index (κ1) is 14.5. The molecule has 3 rings (SSSR count). The Hall–Kier alpha value is -1.41. The molecule has 0 radical (unpaired) electrons. The van der Waals surface area contributed by atoms with Crippen LogP contribution in [0.3, 0.4) is 0 Å². The fourth-order valence-corrected chi connectivity index (χ4v) is 5.14. The fraction of sp³-hybridized carbons (Fsp3) is 0.692. The van der Waals surface area contributed by atoms with Crippen LogP contribution in [-0.4, -0.2) is 58.9 Å². The number of hydrogen-bond donors (Lipinski definition) is 1. The molecule has 0 bridgehead atoms. The van der Waals surface area contributed by atoms with Gasteiger partial charge >= 0.3 is 0 Å². The summed E-state index contributed by atoms with van der Waals surface area (Å²) in [5.74, 6) is 1.04. The highest BCUT2D eigenvalue weighted by molar-refractivity contribution is 7.91. The van der Waals surface area contributed by atoms with Gasteiger partial charge in [-0.2, -0.15) is 0 Å². The van der Waals surface area contributed by atoms with Gasteiger partial charge in [0.2, 0.25) is 5.91 Å². The number of amides is 1. The zero-order valence-electron chi connectivity index (χ0n) is 12.1. The molecule has 7 nitrogen and oxygen atoms in total. The SMILES string of the molecule is C[C@]1(NC(=O)CN2CCn3ccnc3C2)CCS(=O)(=O)C1. The Morgan fingerprint density at radius 2 is 2.29 bits per heavy atom. The van der Waals surface area contributed by atoms with Crippen molar-refractivity contribution in [2.24, 2.45) is 0 Å². The van der Waals surface area contributed by atoms with Crippen molar-refractivity contribution in [3.8, 4) is 0 Å². The van der Waals surface area contributed by atoms with Gasteiger partial charge in [-0.25, -0.2) is 13.4 Å². The van der Waals surface area contributed by atoms with Crippen molar-refractivity contribution < 1.29 is 13.2 Å². The van der Waals surface area contributed by atoms with E-state index in [4.69, 9.17) is 0 Å². The highest BCUT2D eigenvalue weighted by Crippen LogP contribution is 2.22. The number of carbonyl (C=O) groups is 1.